The van der Waals surface area contributed by atoms with Crippen LogP contribution in [-0.4, -0.2) is 10.8 Å². The molecule has 2 aromatic rings. The molecule has 0 saturated heterocycles. The van der Waals surface area contributed by atoms with Gasteiger partial charge in [-0.1, -0.05) is 0 Å². The first-order valence-corrected chi connectivity index (χ1v) is 5.41. The lowest BCUT2D eigenvalue weighted by Gasteiger charge is -2.02. The Morgan fingerprint density at radius 1 is 1.47 bits per heavy atom. The molecule has 0 spiro atoms. The molecule has 0 amide bonds. The van der Waals surface area contributed by atoms with Crippen LogP contribution in [0.2, 0.25) is 0 Å². The number of aryl methyl sites for hydroxylation is 1. The van der Waals surface area contributed by atoms with Gasteiger partial charge in [0.15, 0.2) is 0 Å². The van der Waals surface area contributed by atoms with Gasteiger partial charge in [-0.3, -0.25) is 10.4 Å². The molecule has 0 aliphatic heterocycles. The number of nitrogens with one attached hydrogen (secondary N) is 1. The zero-order chi connectivity index (χ0) is 10.8. The first-order valence-electron chi connectivity index (χ1n) is 4.53. The van der Waals surface area contributed by atoms with Gasteiger partial charge in [-0.15, -0.1) is 11.3 Å². The second kappa shape index (κ2) is 3.82. The van der Waals surface area contributed by atoms with E-state index < -0.39 is 0 Å². The first-order chi connectivity index (χ1) is 7.18. The molecule has 3 N–H and O–H groups in total. The summed E-state index contributed by atoms with van der Waals surface area (Å²) in [4.78, 5) is 5.24. The Kier molecular flexibility index (Phi) is 2.51. The highest BCUT2D eigenvalue weighted by Gasteiger charge is 2.05. The van der Waals surface area contributed by atoms with Gasteiger partial charge in [0.05, 0.1) is 0 Å². The van der Waals surface area contributed by atoms with Crippen molar-refractivity contribution in [2.24, 2.45) is 5.73 Å². The molecule has 0 aromatic carbocycles. The van der Waals surface area contributed by atoms with E-state index in [0.717, 1.165) is 5.56 Å². The number of rotatable bonds is 2. The number of pyridine rings is 1. The van der Waals surface area contributed by atoms with Gasteiger partial charge in [0.1, 0.15) is 11.5 Å². The minimum Gasteiger partial charge on any atom is -0.382 e. The Labute approximate surface area is 92.1 Å². The van der Waals surface area contributed by atoms with Gasteiger partial charge in [0.25, 0.3) is 0 Å². The molecule has 0 saturated carbocycles. The van der Waals surface area contributed by atoms with Crippen LogP contribution in [0.3, 0.4) is 0 Å². The summed E-state index contributed by atoms with van der Waals surface area (Å²) in [6.45, 7) is 2.07. The van der Waals surface area contributed by atoms with Crippen molar-refractivity contribution in [2.45, 2.75) is 6.92 Å². The van der Waals surface area contributed by atoms with E-state index in [0.29, 0.717) is 5.69 Å². The highest BCUT2D eigenvalue weighted by Crippen LogP contribution is 2.28. The second-order valence-corrected chi connectivity index (χ2v) is 4.19. The van der Waals surface area contributed by atoms with Gasteiger partial charge in [0.2, 0.25) is 0 Å². The minimum absolute atomic E-state index is 0.00561. The normalized spacial score (nSPS) is 10.2. The molecule has 2 heterocycles. The summed E-state index contributed by atoms with van der Waals surface area (Å²) in [7, 11) is 0. The standard InChI is InChI=1S/C11H11N3S/c1-7-3-5-15-10(7)8-2-4-14-9(6-8)11(12)13/h2-6H,1H3,(H3,12,13). The Morgan fingerprint density at radius 3 is 2.87 bits per heavy atom. The van der Waals surface area contributed by atoms with Crippen LogP contribution >= 0.6 is 11.3 Å². The van der Waals surface area contributed by atoms with E-state index in [9.17, 15) is 0 Å². The number of aromatic nitrogens is 1. The maximum Gasteiger partial charge on any atom is 0.141 e. The second-order valence-electron chi connectivity index (χ2n) is 3.28. The quantitative estimate of drug-likeness (QED) is 0.599. The van der Waals surface area contributed by atoms with E-state index in [1.807, 2.05) is 12.1 Å². The maximum atomic E-state index is 7.33. The van der Waals surface area contributed by atoms with Crippen LogP contribution in [0.25, 0.3) is 10.4 Å². The van der Waals surface area contributed by atoms with Gasteiger partial charge in [-0.25, -0.2) is 0 Å². The van der Waals surface area contributed by atoms with E-state index in [1.165, 1.54) is 10.4 Å². The first kappa shape index (κ1) is 9.86. The van der Waals surface area contributed by atoms with E-state index in [2.05, 4.69) is 23.4 Å². The molecule has 0 unspecified atom stereocenters. The predicted molar refractivity (Wildman–Crippen MR) is 63.3 cm³/mol. The van der Waals surface area contributed by atoms with Crippen molar-refractivity contribution in [3.63, 3.8) is 0 Å². The number of hydrogen-bond acceptors (Lipinski definition) is 3. The molecule has 76 valence electrons. The number of nitrogens with two attached hydrogens (primary N) is 1. The molecule has 2 aromatic heterocycles. The van der Waals surface area contributed by atoms with E-state index >= 15 is 0 Å². The highest BCUT2D eigenvalue weighted by molar-refractivity contribution is 7.13. The van der Waals surface area contributed by atoms with Gasteiger partial charge in [-0.05, 0) is 41.6 Å². The molecule has 0 atom stereocenters. The fraction of sp³-hybridized carbons (Fsp3) is 0.0909. The molecule has 0 radical (unpaired) electrons. The van der Waals surface area contributed by atoms with Gasteiger partial charge in [0, 0.05) is 11.1 Å². The fourth-order valence-electron chi connectivity index (χ4n) is 1.39. The van der Waals surface area contributed by atoms with Gasteiger partial charge < -0.3 is 5.73 Å². The van der Waals surface area contributed by atoms with Crippen LogP contribution in [0, 0.1) is 12.3 Å². The van der Waals surface area contributed by atoms with Crippen molar-refractivity contribution in [1.29, 1.82) is 5.41 Å². The third kappa shape index (κ3) is 1.89. The molecule has 4 heteroatoms. The maximum absolute atomic E-state index is 7.33. The van der Waals surface area contributed by atoms with Crippen LogP contribution in [0.15, 0.2) is 29.8 Å². The molecule has 0 bridgehead atoms. The van der Waals surface area contributed by atoms with Crippen molar-refractivity contribution in [2.75, 3.05) is 0 Å². The van der Waals surface area contributed by atoms with Gasteiger partial charge >= 0.3 is 0 Å². The molecular formula is C11H11N3S. The lowest BCUT2D eigenvalue weighted by molar-refractivity contribution is 1.26. The lowest BCUT2D eigenvalue weighted by atomic mass is 10.1. The SMILES string of the molecule is Cc1ccsc1-c1ccnc(C(=N)N)c1. The van der Waals surface area contributed by atoms with Crippen LogP contribution in [-0.2, 0) is 0 Å². The summed E-state index contributed by atoms with van der Waals surface area (Å²) < 4.78 is 0. The molecular weight excluding hydrogens is 206 g/mol. The number of amidine groups is 1. The van der Waals surface area contributed by atoms with Crippen LogP contribution in [0.5, 0.6) is 0 Å². The van der Waals surface area contributed by atoms with E-state index in [1.54, 1.807) is 17.5 Å². The van der Waals surface area contributed by atoms with Crippen molar-refractivity contribution in [3.8, 4) is 10.4 Å². The summed E-state index contributed by atoms with van der Waals surface area (Å²) in [5.41, 5.74) is 8.24. The molecule has 2 rings (SSSR count). The zero-order valence-corrected chi connectivity index (χ0v) is 9.14. The summed E-state index contributed by atoms with van der Waals surface area (Å²) in [6.07, 6.45) is 1.69. The Balaban J connectivity index is 2.50. The summed E-state index contributed by atoms with van der Waals surface area (Å²) in [5, 5.41) is 9.38. The largest absolute Gasteiger partial charge is 0.382 e. The molecule has 0 aliphatic carbocycles. The van der Waals surface area contributed by atoms with Crippen LogP contribution in [0.1, 0.15) is 11.3 Å². The molecule has 0 aliphatic rings. The van der Waals surface area contributed by atoms with E-state index in [4.69, 9.17) is 11.1 Å². The monoisotopic (exact) mass is 217 g/mol. The topological polar surface area (TPSA) is 62.8 Å². The third-order valence-electron chi connectivity index (χ3n) is 2.16. The Hall–Kier alpha value is -1.68. The average molecular weight is 217 g/mol. The highest BCUT2D eigenvalue weighted by atomic mass is 32.1. The average Bonchev–Trinajstić information content (AvgIpc) is 2.64. The number of hydrogen-bond donors (Lipinski definition) is 2. The minimum atomic E-state index is 0.00561. The van der Waals surface area contributed by atoms with Crippen molar-refractivity contribution in [1.82, 2.24) is 4.98 Å². The summed E-state index contributed by atoms with van der Waals surface area (Å²) in [6, 6.07) is 5.86. The van der Waals surface area contributed by atoms with Crippen molar-refractivity contribution < 1.29 is 0 Å². The van der Waals surface area contributed by atoms with Crippen molar-refractivity contribution >= 4 is 17.2 Å². The fourth-order valence-corrected chi connectivity index (χ4v) is 2.31. The van der Waals surface area contributed by atoms with Crippen LogP contribution < -0.4 is 5.73 Å². The molecule has 0 fully saturated rings. The number of thiophene rings is 1. The third-order valence-corrected chi connectivity index (χ3v) is 3.23. The van der Waals surface area contributed by atoms with Gasteiger partial charge in [-0.2, -0.15) is 0 Å². The van der Waals surface area contributed by atoms with E-state index in [-0.39, 0.29) is 5.84 Å². The summed E-state index contributed by atoms with van der Waals surface area (Å²) >= 11 is 1.68. The Bertz CT molecular complexity index is 502. The summed E-state index contributed by atoms with van der Waals surface area (Å²) in [5.74, 6) is 0.00561. The molecule has 3 nitrogen and oxygen atoms in total. The van der Waals surface area contributed by atoms with Crippen molar-refractivity contribution in [3.05, 3.63) is 41.0 Å². The lowest BCUT2D eigenvalue weighted by Crippen LogP contribution is -2.12. The smallest absolute Gasteiger partial charge is 0.141 e. The Morgan fingerprint density at radius 2 is 2.27 bits per heavy atom. The zero-order valence-electron chi connectivity index (χ0n) is 8.32. The van der Waals surface area contributed by atoms with Crippen LogP contribution in [0.4, 0.5) is 0 Å². The number of nitrogens with zero attached hydrogens (tertiary/aromatic N) is 1. The predicted octanol–water partition coefficient (Wildman–Crippen LogP) is 2.40. The number of nitrogen functional groups attached to an aromatic ring is 1. The molecule has 15 heavy (non-hydrogen) atoms.